The number of hydrogen-bond donors (Lipinski definition) is 0. The summed E-state index contributed by atoms with van der Waals surface area (Å²) in [4.78, 5) is 13.5. The van der Waals surface area contributed by atoms with Gasteiger partial charge in [0.1, 0.15) is 6.10 Å². The average molecular weight is 187 g/mol. The molecule has 0 bridgehead atoms. The molecule has 2 atom stereocenters. The number of carbonyl (C=O) groups is 1. The Balaban J connectivity index is 2.53. The zero-order chi connectivity index (χ0) is 9.84. The van der Waals surface area contributed by atoms with E-state index in [0.29, 0.717) is 19.8 Å². The first-order valence-corrected chi connectivity index (χ1v) is 4.58. The smallest absolute Gasteiger partial charge is 0.251 e. The topological polar surface area (TPSA) is 38.8 Å². The van der Waals surface area contributed by atoms with Gasteiger partial charge in [-0.15, -0.1) is 0 Å². The summed E-state index contributed by atoms with van der Waals surface area (Å²) in [5.41, 5.74) is 0. The van der Waals surface area contributed by atoms with Gasteiger partial charge in [-0.05, 0) is 13.8 Å². The fourth-order valence-electron chi connectivity index (χ4n) is 1.39. The van der Waals surface area contributed by atoms with Gasteiger partial charge < -0.3 is 14.4 Å². The molecule has 0 spiro atoms. The van der Waals surface area contributed by atoms with Crippen molar-refractivity contribution in [1.29, 1.82) is 0 Å². The normalized spacial score (nSPS) is 25.8. The highest BCUT2D eigenvalue weighted by Gasteiger charge is 2.26. The minimum absolute atomic E-state index is 0.0540. The second-order valence-corrected chi connectivity index (χ2v) is 3.33. The largest absolute Gasteiger partial charge is 0.377 e. The van der Waals surface area contributed by atoms with Crippen LogP contribution in [0.2, 0.25) is 0 Å². The van der Waals surface area contributed by atoms with Crippen molar-refractivity contribution in [2.75, 3.05) is 26.9 Å². The molecule has 0 aromatic rings. The highest BCUT2D eigenvalue weighted by atomic mass is 16.5. The minimum Gasteiger partial charge on any atom is -0.377 e. The van der Waals surface area contributed by atoms with Crippen LogP contribution in [-0.2, 0) is 14.3 Å². The number of rotatable bonds is 2. The number of carbonyl (C=O) groups excluding carboxylic acids is 1. The molecule has 1 rings (SSSR count). The van der Waals surface area contributed by atoms with Gasteiger partial charge in [0.2, 0.25) is 0 Å². The molecule has 1 saturated heterocycles. The number of nitrogens with zero attached hydrogens (tertiary/aromatic N) is 1. The molecule has 0 radical (unpaired) electrons. The molecule has 76 valence electrons. The fraction of sp³-hybridized carbons (Fsp3) is 0.889. The molecule has 4 nitrogen and oxygen atoms in total. The van der Waals surface area contributed by atoms with Crippen LogP contribution in [0.3, 0.4) is 0 Å². The zero-order valence-corrected chi connectivity index (χ0v) is 8.45. The van der Waals surface area contributed by atoms with Gasteiger partial charge in [-0.3, -0.25) is 4.79 Å². The number of morpholine rings is 1. The van der Waals surface area contributed by atoms with Gasteiger partial charge >= 0.3 is 0 Å². The third kappa shape index (κ3) is 2.42. The van der Waals surface area contributed by atoms with E-state index in [0.717, 1.165) is 0 Å². The molecule has 1 unspecified atom stereocenters. The van der Waals surface area contributed by atoms with E-state index in [1.807, 2.05) is 11.8 Å². The molecule has 1 aliphatic heterocycles. The summed E-state index contributed by atoms with van der Waals surface area (Å²) in [5, 5.41) is 0. The van der Waals surface area contributed by atoms with E-state index < -0.39 is 0 Å². The average Bonchev–Trinajstić information content (AvgIpc) is 2.16. The van der Waals surface area contributed by atoms with Crippen molar-refractivity contribution in [3.8, 4) is 0 Å². The van der Waals surface area contributed by atoms with Crippen LogP contribution < -0.4 is 0 Å². The quantitative estimate of drug-likeness (QED) is 0.623. The van der Waals surface area contributed by atoms with E-state index in [2.05, 4.69) is 0 Å². The van der Waals surface area contributed by atoms with E-state index >= 15 is 0 Å². The van der Waals surface area contributed by atoms with Crippen molar-refractivity contribution in [2.24, 2.45) is 0 Å². The zero-order valence-electron chi connectivity index (χ0n) is 8.45. The number of hydrogen-bond acceptors (Lipinski definition) is 3. The Labute approximate surface area is 78.8 Å². The SMILES string of the molecule is COC(C)C(=O)N1CCOC[C@H]1C. The van der Waals surface area contributed by atoms with Crippen LogP contribution in [0.15, 0.2) is 0 Å². The van der Waals surface area contributed by atoms with Crippen LogP contribution in [-0.4, -0.2) is 49.8 Å². The summed E-state index contributed by atoms with van der Waals surface area (Å²) in [6.45, 7) is 5.69. The Kier molecular flexibility index (Phi) is 3.69. The third-order valence-electron chi connectivity index (χ3n) is 2.35. The molecular formula is C9H17NO3. The van der Waals surface area contributed by atoms with Gasteiger partial charge in [0.25, 0.3) is 5.91 Å². The molecule has 1 amide bonds. The summed E-state index contributed by atoms with van der Waals surface area (Å²) in [6, 6.07) is 0.166. The first-order valence-electron chi connectivity index (χ1n) is 4.58. The van der Waals surface area contributed by atoms with Crippen LogP contribution in [0.4, 0.5) is 0 Å². The van der Waals surface area contributed by atoms with Gasteiger partial charge in [-0.2, -0.15) is 0 Å². The lowest BCUT2D eigenvalue weighted by Crippen LogP contribution is -2.50. The monoisotopic (exact) mass is 187 g/mol. The molecule has 0 aromatic carbocycles. The van der Waals surface area contributed by atoms with Gasteiger partial charge in [-0.25, -0.2) is 0 Å². The van der Waals surface area contributed by atoms with Crippen molar-refractivity contribution in [2.45, 2.75) is 26.0 Å². The van der Waals surface area contributed by atoms with Crippen LogP contribution in [0, 0.1) is 0 Å². The Hall–Kier alpha value is -0.610. The summed E-state index contributed by atoms with van der Waals surface area (Å²) < 4.78 is 10.2. The number of ether oxygens (including phenoxy) is 2. The van der Waals surface area contributed by atoms with Crippen LogP contribution in [0.25, 0.3) is 0 Å². The molecule has 0 aromatic heterocycles. The third-order valence-corrected chi connectivity index (χ3v) is 2.35. The van der Waals surface area contributed by atoms with Crippen molar-refractivity contribution in [3.05, 3.63) is 0 Å². The lowest BCUT2D eigenvalue weighted by molar-refractivity contribution is -0.148. The van der Waals surface area contributed by atoms with Gasteiger partial charge in [0.05, 0.1) is 19.3 Å². The maximum absolute atomic E-state index is 11.7. The van der Waals surface area contributed by atoms with Crippen LogP contribution in [0.5, 0.6) is 0 Å². The molecule has 0 saturated carbocycles. The molecule has 1 heterocycles. The highest BCUT2D eigenvalue weighted by molar-refractivity contribution is 5.80. The first-order chi connectivity index (χ1) is 6.16. The summed E-state index contributed by atoms with van der Waals surface area (Å²) in [6.07, 6.45) is -0.347. The lowest BCUT2D eigenvalue weighted by Gasteiger charge is -2.34. The predicted molar refractivity (Wildman–Crippen MR) is 48.5 cm³/mol. The first kappa shape index (κ1) is 10.5. The van der Waals surface area contributed by atoms with Crippen molar-refractivity contribution in [1.82, 2.24) is 4.90 Å². The van der Waals surface area contributed by atoms with Crippen molar-refractivity contribution in [3.63, 3.8) is 0 Å². The standard InChI is InChI=1S/C9H17NO3/c1-7-6-13-5-4-10(7)9(11)8(2)12-3/h7-8H,4-6H2,1-3H3/t7-,8?/m1/s1. The number of amides is 1. The Morgan fingerprint density at radius 1 is 1.69 bits per heavy atom. The molecule has 13 heavy (non-hydrogen) atoms. The molecule has 0 aliphatic carbocycles. The van der Waals surface area contributed by atoms with E-state index in [-0.39, 0.29) is 18.1 Å². The Morgan fingerprint density at radius 2 is 2.38 bits per heavy atom. The summed E-state index contributed by atoms with van der Waals surface area (Å²) in [5.74, 6) is 0.0540. The van der Waals surface area contributed by atoms with Gasteiger partial charge in [-0.1, -0.05) is 0 Å². The van der Waals surface area contributed by atoms with Crippen LogP contribution >= 0.6 is 0 Å². The predicted octanol–water partition coefficient (Wildman–Crippen LogP) is 0.269. The Bertz CT molecular complexity index is 184. The fourth-order valence-corrected chi connectivity index (χ4v) is 1.39. The maximum atomic E-state index is 11.7. The van der Waals surface area contributed by atoms with Crippen LogP contribution in [0.1, 0.15) is 13.8 Å². The maximum Gasteiger partial charge on any atom is 0.251 e. The minimum atomic E-state index is -0.347. The summed E-state index contributed by atoms with van der Waals surface area (Å²) in [7, 11) is 1.55. The molecule has 0 N–H and O–H groups in total. The molecule has 1 aliphatic rings. The van der Waals surface area contributed by atoms with Crippen molar-refractivity contribution < 1.29 is 14.3 Å². The second-order valence-electron chi connectivity index (χ2n) is 3.33. The van der Waals surface area contributed by atoms with Crippen molar-refractivity contribution >= 4 is 5.91 Å². The van der Waals surface area contributed by atoms with Gasteiger partial charge in [0, 0.05) is 13.7 Å². The highest BCUT2D eigenvalue weighted by Crippen LogP contribution is 2.08. The van der Waals surface area contributed by atoms with E-state index in [4.69, 9.17) is 9.47 Å². The van der Waals surface area contributed by atoms with E-state index in [1.54, 1.807) is 14.0 Å². The second kappa shape index (κ2) is 4.58. The molecule has 1 fully saturated rings. The molecular weight excluding hydrogens is 170 g/mol. The van der Waals surface area contributed by atoms with E-state index in [1.165, 1.54) is 0 Å². The van der Waals surface area contributed by atoms with Gasteiger partial charge in [0.15, 0.2) is 0 Å². The van der Waals surface area contributed by atoms with E-state index in [9.17, 15) is 4.79 Å². The lowest BCUT2D eigenvalue weighted by atomic mass is 10.2. The molecule has 4 heteroatoms. The Morgan fingerprint density at radius 3 is 2.92 bits per heavy atom. The number of methoxy groups -OCH3 is 1. The summed E-state index contributed by atoms with van der Waals surface area (Å²) >= 11 is 0.